The van der Waals surface area contributed by atoms with E-state index in [1.54, 1.807) is 25.0 Å². The maximum atomic E-state index is 13.0. The number of aryl methyl sites for hydroxylation is 2. The fourth-order valence-electron chi connectivity index (χ4n) is 5.53. The number of aldehydes is 1. The number of amides is 3. The molecule has 2 aliphatic carbocycles. The van der Waals surface area contributed by atoms with Crippen LogP contribution in [-0.2, 0) is 32.0 Å². The second-order valence-electron chi connectivity index (χ2n) is 12.4. The third-order valence-electron chi connectivity index (χ3n) is 8.13. The second-order valence-corrected chi connectivity index (χ2v) is 12.4. The molecule has 4 N–H and O–H groups in total. The van der Waals surface area contributed by atoms with Crippen molar-refractivity contribution < 1.29 is 19.2 Å². The van der Waals surface area contributed by atoms with Crippen LogP contribution in [0, 0.1) is 11.8 Å². The van der Waals surface area contributed by atoms with Gasteiger partial charge in [-0.1, -0.05) is 71.2 Å². The van der Waals surface area contributed by atoms with Crippen LogP contribution in [0.15, 0.2) is 24.3 Å². The topological polar surface area (TPSA) is 120 Å². The van der Waals surface area contributed by atoms with Gasteiger partial charge in [-0.05, 0) is 83.1 Å². The van der Waals surface area contributed by atoms with Crippen molar-refractivity contribution in [2.45, 2.75) is 116 Å². The smallest absolute Gasteiger partial charge is 0.246 e. The summed E-state index contributed by atoms with van der Waals surface area (Å²) in [6.45, 7) is 8.14. The Balaban J connectivity index is 0.000000416. The third kappa shape index (κ3) is 14.0. The molecule has 1 aromatic carbocycles. The monoisotopic (exact) mass is 601 g/mol. The van der Waals surface area contributed by atoms with Gasteiger partial charge in [0.15, 0.2) is 0 Å². The van der Waals surface area contributed by atoms with Gasteiger partial charge in [-0.2, -0.15) is 0 Å². The summed E-state index contributed by atoms with van der Waals surface area (Å²) in [6, 6.07) is 8.08. The average Bonchev–Trinajstić information content (AvgIpc) is 3.43. The summed E-state index contributed by atoms with van der Waals surface area (Å²) < 4.78 is 0. The Labute approximate surface area is 260 Å². The van der Waals surface area contributed by atoms with Crippen LogP contribution in [0.4, 0.5) is 0 Å². The maximum absolute atomic E-state index is 13.0. The summed E-state index contributed by atoms with van der Waals surface area (Å²) in [5.74, 6) is -0.328. The van der Waals surface area contributed by atoms with Crippen molar-refractivity contribution in [1.29, 1.82) is 0 Å². The van der Waals surface area contributed by atoms with Gasteiger partial charge in [-0.15, -0.1) is 0 Å². The number of likely N-dealkylation sites (tertiary alicyclic amines) is 1. The zero-order chi connectivity index (χ0) is 32.2. The fraction of sp³-hybridized carbons (Fsp3) is 0.706. The molecule has 1 saturated heterocycles. The molecule has 3 atom stereocenters. The second kappa shape index (κ2) is 21.8. The van der Waals surface area contributed by atoms with Crippen molar-refractivity contribution in [1.82, 2.24) is 26.2 Å². The van der Waals surface area contributed by atoms with E-state index in [0.717, 1.165) is 38.4 Å². The van der Waals surface area contributed by atoms with Gasteiger partial charge in [0.2, 0.25) is 18.2 Å². The number of nitrogens with one attached hydrogen (secondary N) is 4. The molecule has 3 aliphatic rings. The minimum atomic E-state index is -0.584. The Morgan fingerprint density at radius 3 is 1.86 bits per heavy atom. The van der Waals surface area contributed by atoms with E-state index in [0.29, 0.717) is 25.4 Å². The zero-order valence-corrected chi connectivity index (χ0v) is 27.8. The highest BCUT2D eigenvalue weighted by Gasteiger charge is 2.41. The lowest BCUT2D eigenvalue weighted by atomic mass is 9.83. The molecule has 2 fully saturated rings. The van der Waals surface area contributed by atoms with E-state index in [2.05, 4.69) is 59.4 Å². The SMILES string of the molecule is CC(C)C(=O)NC1CC(C=O)N(C(=O)C(NC=O)C2CCCCC2)C1.CNC.CNC(C)C.c1ccc2c(c1)CCCC2. The number of rotatable bonds is 8. The molecule has 244 valence electrons. The Morgan fingerprint density at radius 2 is 1.42 bits per heavy atom. The van der Waals surface area contributed by atoms with Crippen molar-refractivity contribution >= 4 is 24.5 Å². The Hall–Kier alpha value is -2.78. The van der Waals surface area contributed by atoms with Gasteiger partial charge in [-0.25, -0.2) is 0 Å². The Kier molecular flexibility index (Phi) is 19.4. The number of hydrogen-bond acceptors (Lipinski definition) is 6. The normalized spacial score (nSPS) is 20.2. The zero-order valence-electron chi connectivity index (χ0n) is 27.8. The third-order valence-corrected chi connectivity index (χ3v) is 8.13. The van der Waals surface area contributed by atoms with E-state index in [-0.39, 0.29) is 29.7 Å². The molecule has 0 bridgehead atoms. The molecule has 43 heavy (non-hydrogen) atoms. The summed E-state index contributed by atoms with van der Waals surface area (Å²) in [4.78, 5) is 48.9. The lowest BCUT2D eigenvalue weighted by Crippen LogP contribution is -2.52. The van der Waals surface area contributed by atoms with Crippen molar-refractivity contribution in [3.63, 3.8) is 0 Å². The van der Waals surface area contributed by atoms with Crippen molar-refractivity contribution in [3.05, 3.63) is 35.4 Å². The highest BCUT2D eigenvalue weighted by Crippen LogP contribution is 2.29. The summed E-state index contributed by atoms with van der Waals surface area (Å²) >= 11 is 0. The molecule has 4 rings (SSSR count). The summed E-state index contributed by atoms with van der Waals surface area (Å²) in [6.07, 6.45) is 12.2. The van der Waals surface area contributed by atoms with Crippen LogP contribution >= 0.6 is 0 Å². The van der Waals surface area contributed by atoms with Crippen molar-refractivity contribution in [2.75, 3.05) is 27.7 Å². The van der Waals surface area contributed by atoms with Gasteiger partial charge in [0.1, 0.15) is 12.3 Å². The van der Waals surface area contributed by atoms with E-state index in [1.807, 2.05) is 21.1 Å². The van der Waals surface area contributed by atoms with Crippen LogP contribution in [0.25, 0.3) is 0 Å². The van der Waals surface area contributed by atoms with Gasteiger partial charge in [-0.3, -0.25) is 14.4 Å². The first-order chi connectivity index (χ1) is 20.6. The molecular weight excluding hydrogens is 542 g/mol. The molecule has 1 aromatic rings. The molecule has 0 aromatic heterocycles. The molecule has 3 amide bonds. The minimum absolute atomic E-state index is 0.0844. The average molecular weight is 602 g/mol. The van der Waals surface area contributed by atoms with Crippen LogP contribution in [0.5, 0.6) is 0 Å². The van der Waals surface area contributed by atoms with E-state index < -0.39 is 12.1 Å². The first kappa shape index (κ1) is 38.2. The lowest BCUT2D eigenvalue weighted by Gasteiger charge is -2.33. The standard InChI is InChI=1S/C18H29N3O4.C10H12.C4H11N.C2H7N/c1-12(2)17(24)20-14-8-15(10-22)21(9-14)18(25)16(19-11-23)13-6-4-3-5-7-13;1-2-6-10-8-4-3-7-9(10)5-1;1-4(2)5-3;1-3-2/h10-16H,3-9H2,1-2H3,(H,19,23)(H,20,24);1-2,5-6H,3-4,7-8H2;4-5H,1-3H3;3H,1-2H3. The van der Waals surface area contributed by atoms with Gasteiger partial charge >= 0.3 is 0 Å². The van der Waals surface area contributed by atoms with Crippen molar-refractivity contribution in [2.24, 2.45) is 11.8 Å². The largest absolute Gasteiger partial charge is 0.351 e. The van der Waals surface area contributed by atoms with Gasteiger partial charge in [0.25, 0.3) is 0 Å². The molecular formula is C34H59N5O4. The Morgan fingerprint density at radius 1 is 0.884 bits per heavy atom. The van der Waals surface area contributed by atoms with E-state index in [4.69, 9.17) is 0 Å². The number of carbonyl (C=O) groups excluding carboxylic acids is 4. The molecule has 9 nitrogen and oxygen atoms in total. The number of nitrogens with zero attached hydrogens (tertiary/aromatic N) is 1. The maximum Gasteiger partial charge on any atom is 0.246 e. The molecule has 9 heteroatoms. The molecule has 1 heterocycles. The van der Waals surface area contributed by atoms with Crippen LogP contribution in [0.2, 0.25) is 0 Å². The minimum Gasteiger partial charge on any atom is -0.351 e. The van der Waals surface area contributed by atoms with Gasteiger partial charge in [0, 0.05) is 24.5 Å². The number of benzene rings is 1. The summed E-state index contributed by atoms with van der Waals surface area (Å²) in [5, 5.41) is 11.3. The van der Waals surface area contributed by atoms with E-state index >= 15 is 0 Å². The van der Waals surface area contributed by atoms with Crippen LogP contribution in [0.1, 0.15) is 90.2 Å². The molecule has 1 aliphatic heterocycles. The van der Waals surface area contributed by atoms with Gasteiger partial charge < -0.3 is 31.0 Å². The van der Waals surface area contributed by atoms with Crippen LogP contribution in [-0.4, -0.2) is 81.3 Å². The fourth-order valence-corrected chi connectivity index (χ4v) is 5.53. The van der Waals surface area contributed by atoms with Crippen LogP contribution in [0.3, 0.4) is 0 Å². The molecule has 0 radical (unpaired) electrons. The molecule has 3 unspecified atom stereocenters. The predicted octanol–water partition coefficient (Wildman–Crippen LogP) is 3.64. The number of carbonyl (C=O) groups is 4. The number of fused-ring (bicyclic) bond motifs is 1. The van der Waals surface area contributed by atoms with E-state index in [1.165, 1.54) is 30.6 Å². The highest BCUT2D eigenvalue weighted by molar-refractivity contribution is 5.87. The predicted molar refractivity (Wildman–Crippen MR) is 175 cm³/mol. The van der Waals surface area contributed by atoms with E-state index in [9.17, 15) is 19.2 Å². The quantitative estimate of drug-likeness (QED) is 0.338. The first-order valence-electron chi connectivity index (χ1n) is 16.2. The highest BCUT2D eigenvalue weighted by atomic mass is 16.2. The van der Waals surface area contributed by atoms with Gasteiger partial charge in [0.05, 0.1) is 6.04 Å². The summed E-state index contributed by atoms with van der Waals surface area (Å²) in [5.41, 5.74) is 3.16. The molecule has 0 spiro atoms. The summed E-state index contributed by atoms with van der Waals surface area (Å²) in [7, 11) is 5.70. The molecule has 1 saturated carbocycles. The van der Waals surface area contributed by atoms with Crippen LogP contribution < -0.4 is 21.3 Å². The Bertz CT molecular complexity index is 923. The lowest BCUT2D eigenvalue weighted by molar-refractivity contribution is -0.139. The first-order valence-corrected chi connectivity index (χ1v) is 16.2. The number of hydrogen-bond donors (Lipinski definition) is 4. The van der Waals surface area contributed by atoms with Crippen molar-refractivity contribution in [3.8, 4) is 0 Å².